The summed E-state index contributed by atoms with van der Waals surface area (Å²) in [7, 11) is 0. The van der Waals surface area contributed by atoms with Gasteiger partial charge in [0.2, 0.25) is 0 Å². The minimum absolute atomic E-state index is 0.210. The van der Waals surface area contributed by atoms with Gasteiger partial charge in [-0.1, -0.05) is 43.0 Å². The Morgan fingerprint density at radius 2 is 1.73 bits per heavy atom. The van der Waals surface area contributed by atoms with Crippen LogP contribution in [0, 0.1) is 0 Å². The first-order valence-electron chi connectivity index (χ1n) is 8.46. The van der Waals surface area contributed by atoms with Gasteiger partial charge in [0.1, 0.15) is 18.1 Å². The highest BCUT2D eigenvalue weighted by Gasteiger charge is 2.15. The third-order valence-corrected chi connectivity index (χ3v) is 3.89. The number of ether oxygens (including phenoxy) is 2. The van der Waals surface area contributed by atoms with E-state index in [1.807, 2.05) is 42.5 Å². The molecule has 0 aliphatic carbocycles. The number of benzene rings is 3. The zero-order chi connectivity index (χ0) is 18.4. The number of anilines is 1. The predicted octanol–water partition coefficient (Wildman–Crippen LogP) is 4.81. The average Bonchev–Trinajstić information content (AvgIpc) is 2.67. The van der Waals surface area contributed by atoms with Crippen molar-refractivity contribution in [1.29, 1.82) is 0 Å². The Labute approximate surface area is 153 Å². The van der Waals surface area contributed by atoms with E-state index in [1.54, 1.807) is 37.3 Å². The minimum atomic E-state index is -0.618. The molecule has 0 bridgehead atoms. The molecule has 0 spiro atoms. The third-order valence-electron chi connectivity index (χ3n) is 3.89. The zero-order valence-electron chi connectivity index (χ0n) is 14.6. The lowest BCUT2D eigenvalue weighted by molar-refractivity contribution is -0.122. The van der Waals surface area contributed by atoms with Crippen LogP contribution in [-0.2, 0) is 4.79 Å². The van der Waals surface area contributed by atoms with Crippen LogP contribution in [0.3, 0.4) is 0 Å². The van der Waals surface area contributed by atoms with E-state index in [2.05, 4.69) is 11.9 Å². The van der Waals surface area contributed by atoms with Crippen LogP contribution in [0.15, 0.2) is 79.4 Å². The average molecular weight is 347 g/mol. The Balaban J connectivity index is 1.60. The molecule has 0 fully saturated rings. The molecule has 3 rings (SSSR count). The van der Waals surface area contributed by atoms with Crippen molar-refractivity contribution in [3.05, 3.63) is 79.4 Å². The number of fused-ring (bicyclic) bond motifs is 1. The van der Waals surface area contributed by atoms with Crippen LogP contribution in [0.2, 0.25) is 0 Å². The second-order valence-electron chi connectivity index (χ2n) is 5.88. The number of hydrogen-bond donors (Lipinski definition) is 1. The summed E-state index contributed by atoms with van der Waals surface area (Å²) in [5, 5.41) is 5.05. The molecule has 0 aromatic heterocycles. The molecule has 1 N–H and O–H groups in total. The molecule has 3 aromatic rings. The fraction of sp³-hybridized carbons (Fsp3) is 0.136. The van der Waals surface area contributed by atoms with Gasteiger partial charge in [0.05, 0.1) is 0 Å². The maximum atomic E-state index is 12.4. The summed E-state index contributed by atoms with van der Waals surface area (Å²) in [6.07, 6.45) is 1.06. The number of carbonyl (C=O) groups is 1. The van der Waals surface area contributed by atoms with E-state index in [1.165, 1.54) is 0 Å². The largest absolute Gasteiger partial charge is 0.490 e. The van der Waals surface area contributed by atoms with Crippen LogP contribution in [0.25, 0.3) is 10.8 Å². The van der Waals surface area contributed by atoms with Crippen molar-refractivity contribution in [3.8, 4) is 11.5 Å². The second kappa shape index (κ2) is 8.21. The SMILES string of the molecule is C=CCOc1ccc(NC(=O)C(C)Oc2ccc3ccccc3c2)cc1. The van der Waals surface area contributed by atoms with Crippen molar-refractivity contribution in [2.24, 2.45) is 0 Å². The number of rotatable bonds is 7. The van der Waals surface area contributed by atoms with Crippen LogP contribution in [0.4, 0.5) is 5.69 Å². The van der Waals surface area contributed by atoms with E-state index in [0.29, 0.717) is 18.0 Å². The fourth-order valence-electron chi connectivity index (χ4n) is 2.53. The first kappa shape index (κ1) is 17.5. The molecule has 1 amide bonds. The molecule has 4 heteroatoms. The Bertz CT molecular complexity index is 903. The molecule has 3 aromatic carbocycles. The van der Waals surface area contributed by atoms with Crippen LogP contribution in [-0.4, -0.2) is 18.6 Å². The van der Waals surface area contributed by atoms with E-state index in [-0.39, 0.29) is 5.91 Å². The molecule has 26 heavy (non-hydrogen) atoms. The predicted molar refractivity (Wildman–Crippen MR) is 105 cm³/mol. The van der Waals surface area contributed by atoms with Crippen molar-refractivity contribution in [3.63, 3.8) is 0 Å². The lowest BCUT2D eigenvalue weighted by Crippen LogP contribution is -2.30. The number of hydrogen-bond acceptors (Lipinski definition) is 3. The molecular formula is C22H21NO3. The fourth-order valence-corrected chi connectivity index (χ4v) is 2.53. The molecule has 0 radical (unpaired) electrons. The summed E-state index contributed by atoms with van der Waals surface area (Å²) in [5.41, 5.74) is 0.690. The quantitative estimate of drug-likeness (QED) is 0.624. The van der Waals surface area contributed by atoms with Gasteiger partial charge in [0, 0.05) is 5.69 Å². The first-order chi connectivity index (χ1) is 12.7. The molecular weight excluding hydrogens is 326 g/mol. The summed E-state index contributed by atoms with van der Waals surface area (Å²) >= 11 is 0. The topological polar surface area (TPSA) is 47.6 Å². The molecule has 0 aliphatic heterocycles. The molecule has 4 nitrogen and oxygen atoms in total. The van der Waals surface area contributed by atoms with Gasteiger partial charge in [-0.2, -0.15) is 0 Å². The summed E-state index contributed by atoms with van der Waals surface area (Å²) in [4.78, 5) is 12.4. The highest BCUT2D eigenvalue weighted by molar-refractivity contribution is 5.94. The van der Waals surface area contributed by atoms with Crippen LogP contribution in [0.5, 0.6) is 11.5 Å². The van der Waals surface area contributed by atoms with Crippen LogP contribution >= 0.6 is 0 Å². The molecule has 1 atom stereocenters. The first-order valence-corrected chi connectivity index (χ1v) is 8.46. The lowest BCUT2D eigenvalue weighted by atomic mass is 10.1. The van der Waals surface area contributed by atoms with Crippen molar-refractivity contribution in [1.82, 2.24) is 0 Å². The van der Waals surface area contributed by atoms with Gasteiger partial charge in [0.15, 0.2) is 6.10 Å². The van der Waals surface area contributed by atoms with E-state index >= 15 is 0 Å². The zero-order valence-corrected chi connectivity index (χ0v) is 14.6. The Morgan fingerprint density at radius 1 is 1.04 bits per heavy atom. The Kier molecular flexibility index (Phi) is 5.54. The normalized spacial score (nSPS) is 11.6. The maximum Gasteiger partial charge on any atom is 0.265 e. The number of carbonyl (C=O) groups excluding carboxylic acids is 1. The third kappa shape index (κ3) is 4.42. The highest BCUT2D eigenvalue weighted by Crippen LogP contribution is 2.22. The Hall–Kier alpha value is -3.27. The van der Waals surface area contributed by atoms with Crippen molar-refractivity contribution in [2.75, 3.05) is 11.9 Å². The second-order valence-corrected chi connectivity index (χ2v) is 5.88. The smallest absolute Gasteiger partial charge is 0.265 e. The molecule has 0 aliphatic rings. The van der Waals surface area contributed by atoms with Crippen LogP contribution < -0.4 is 14.8 Å². The van der Waals surface area contributed by atoms with Crippen LogP contribution in [0.1, 0.15) is 6.92 Å². The minimum Gasteiger partial charge on any atom is -0.490 e. The van der Waals surface area contributed by atoms with E-state index in [0.717, 1.165) is 16.5 Å². The maximum absolute atomic E-state index is 12.4. The van der Waals surface area contributed by atoms with E-state index in [9.17, 15) is 4.79 Å². The molecule has 132 valence electrons. The molecule has 0 heterocycles. The van der Waals surface area contributed by atoms with Gasteiger partial charge in [-0.3, -0.25) is 4.79 Å². The van der Waals surface area contributed by atoms with Crippen molar-refractivity contribution in [2.45, 2.75) is 13.0 Å². The molecule has 0 saturated carbocycles. The summed E-state index contributed by atoms with van der Waals surface area (Å²) in [6.45, 7) is 5.78. The van der Waals surface area contributed by atoms with Gasteiger partial charge in [-0.15, -0.1) is 0 Å². The van der Waals surface area contributed by atoms with Gasteiger partial charge >= 0.3 is 0 Å². The Morgan fingerprint density at radius 3 is 2.46 bits per heavy atom. The highest BCUT2D eigenvalue weighted by atomic mass is 16.5. The van der Waals surface area contributed by atoms with E-state index < -0.39 is 6.10 Å². The van der Waals surface area contributed by atoms with E-state index in [4.69, 9.17) is 9.47 Å². The monoisotopic (exact) mass is 347 g/mol. The number of amides is 1. The van der Waals surface area contributed by atoms with Gasteiger partial charge in [0.25, 0.3) is 5.91 Å². The summed E-state index contributed by atoms with van der Waals surface area (Å²) < 4.78 is 11.2. The summed E-state index contributed by atoms with van der Waals surface area (Å²) in [6, 6.07) is 21.0. The van der Waals surface area contributed by atoms with Crippen molar-refractivity contribution >= 4 is 22.4 Å². The van der Waals surface area contributed by atoms with Gasteiger partial charge in [-0.05, 0) is 54.1 Å². The van der Waals surface area contributed by atoms with Crippen molar-refractivity contribution < 1.29 is 14.3 Å². The lowest BCUT2D eigenvalue weighted by Gasteiger charge is -2.15. The summed E-state index contributed by atoms with van der Waals surface area (Å²) in [5.74, 6) is 1.18. The van der Waals surface area contributed by atoms with Gasteiger partial charge < -0.3 is 14.8 Å². The standard InChI is InChI=1S/C22H21NO3/c1-3-14-25-20-12-9-19(10-13-20)23-22(24)16(2)26-21-11-8-17-6-4-5-7-18(17)15-21/h3-13,15-16H,1,14H2,2H3,(H,23,24). The van der Waals surface area contributed by atoms with Gasteiger partial charge in [-0.25, -0.2) is 0 Å². The number of nitrogens with one attached hydrogen (secondary N) is 1. The molecule has 1 unspecified atom stereocenters. The molecule has 0 saturated heterocycles.